The van der Waals surface area contributed by atoms with Crippen LogP contribution < -0.4 is 9.46 Å². The molecule has 0 saturated carbocycles. The lowest BCUT2D eigenvalue weighted by Gasteiger charge is -2.36. The molecule has 4 rings (SSSR count). The molecule has 2 N–H and O–H groups in total. The Morgan fingerprint density at radius 3 is 2.43 bits per heavy atom. The van der Waals surface area contributed by atoms with Crippen LogP contribution in [-0.2, 0) is 32.9 Å². The van der Waals surface area contributed by atoms with Crippen LogP contribution in [0.15, 0.2) is 48.9 Å². The molecule has 0 aliphatic carbocycles. The molecule has 256 valence electrons. The molecule has 0 bridgehead atoms. The number of fused-ring (bicyclic) bond motifs is 1. The fourth-order valence-electron chi connectivity index (χ4n) is 4.54. The number of benzene rings is 1. The second-order valence-electron chi connectivity index (χ2n) is 14.2. The standard InChI is InChI=1S/C34H50N6O5SSi/c1-11-15-34(41,39-46(42)32(2,3)4)30-14-12-13-27(38-30)24-18-28-26(29(19-24)44-17-16-43-8)21-36-40(28)31-22-35-20-25(37-31)23-45-47(9,10)33(5,6)7/h12-14,18-22,39,41H,11,15-17,23H2,1-10H3/t34-,46+/m0/s1. The van der Waals surface area contributed by atoms with E-state index in [4.69, 9.17) is 23.9 Å². The first-order chi connectivity index (χ1) is 22.0. The van der Waals surface area contributed by atoms with E-state index >= 15 is 0 Å². The van der Waals surface area contributed by atoms with Crippen molar-refractivity contribution in [1.29, 1.82) is 0 Å². The van der Waals surface area contributed by atoms with E-state index in [0.29, 0.717) is 61.3 Å². The van der Waals surface area contributed by atoms with Gasteiger partial charge < -0.3 is 23.6 Å². The molecular formula is C34H50N6O5SSi. The zero-order valence-electron chi connectivity index (χ0n) is 29.4. The van der Waals surface area contributed by atoms with Gasteiger partial charge in [-0.15, -0.1) is 4.72 Å². The number of nitrogens with one attached hydrogen (secondary N) is 1. The van der Waals surface area contributed by atoms with Gasteiger partial charge in [0.05, 0.1) is 59.8 Å². The molecule has 3 heterocycles. The van der Waals surface area contributed by atoms with Crippen molar-refractivity contribution in [3.8, 4) is 22.8 Å². The van der Waals surface area contributed by atoms with Gasteiger partial charge in [-0.2, -0.15) is 5.10 Å². The van der Waals surface area contributed by atoms with Gasteiger partial charge in [0.2, 0.25) is 0 Å². The van der Waals surface area contributed by atoms with Gasteiger partial charge in [-0.1, -0.05) is 40.2 Å². The minimum Gasteiger partial charge on any atom is -0.598 e. The lowest BCUT2D eigenvalue weighted by molar-refractivity contribution is 0.0101. The van der Waals surface area contributed by atoms with Gasteiger partial charge in [0, 0.05) is 24.0 Å². The van der Waals surface area contributed by atoms with E-state index in [9.17, 15) is 9.66 Å². The summed E-state index contributed by atoms with van der Waals surface area (Å²) in [5.41, 5.74) is 1.60. The van der Waals surface area contributed by atoms with E-state index in [1.807, 2.05) is 52.0 Å². The number of hydrogen-bond donors (Lipinski definition) is 2. The maximum absolute atomic E-state index is 13.1. The zero-order valence-corrected chi connectivity index (χ0v) is 31.2. The Morgan fingerprint density at radius 2 is 1.77 bits per heavy atom. The van der Waals surface area contributed by atoms with Gasteiger partial charge in [0.15, 0.2) is 19.9 Å². The molecule has 0 spiro atoms. The molecule has 0 fully saturated rings. The Morgan fingerprint density at radius 1 is 1.02 bits per heavy atom. The highest BCUT2D eigenvalue weighted by Gasteiger charge is 2.40. The monoisotopic (exact) mass is 682 g/mol. The first-order valence-electron chi connectivity index (χ1n) is 16.0. The average Bonchev–Trinajstić information content (AvgIpc) is 3.44. The summed E-state index contributed by atoms with van der Waals surface area (Å²) in [6.45, 7) is 19.7. The number of rotatable bonds is 14. The Hall–Kier alpha value is -2.91. The maximum atomic E-state index is 13.1. The number of ether oxygens (including phenoxy) is 2. The first kappa shape index (κ1) is 36.9. The van der Waals surface area contributed by atoms with Crippen LogP contribution in [0.5, 0.6) is 5.75 Å². The summed E-state index contributed by atoms with van der Waals surface area (Å²) in [7, 11) is -0.363. The molecule has 0 radical (unpaired) electrons. The molecule has 0 unspecified atom stereocenters. The Kier molecular flexibility index (Phi) is 11.5. The third-order valence-electron chi connectivity index (χ3n) is 8.37. The van der Waals surface area contributed by atoms with E-state index < -0.39 is 30.2 Å². The summed E-state index contributed by atoms with van der Waals surface area (Å²) in [6.07, 6.45) is 6.13. The van der Waals surface area contributed by atoms with Crippen molar-refractivity contribution in [1.82, 2.24) is 29.5 Å². The molecule has 11 nitrogen and oxygen atoms in total. The molecule has 0 saturated heterocycles. The summed E-state index contributed by atoms with van der Waals surface area (Å²) in [5.74, 6) is 1.15. The number of pyridine rings is 1. The van der Waals surface area contributed by atoms with Gasteiger partial charge in [0.25, 0.3) is 0 Å². The highest BCUT2D eigenvalue weighted by atomic mass is 32.2. The van der Waals surface area contributed by atoms with Gasteiger partial charge in [-0.25, -0.2) is 14.6 Å². The number of nitrogens with zero attached hydrogens (tertiary/aromatic N) is 5. The number of aromatic nitrogens is 5. The molecule has 3 aromatic heterocycles. The lowest BCUT2D eigenvalue weighted by Crippen LogP contribution is -2.51. The minimum absolute atomic E-state index is 0.0726. The minimum atomic E-state index is -1.99. The van der Waals surface area contributed by atoms with E-state index in [2.05, 4.69) is 48.7 Å². The molecule has 1 aromatic carbocycles. The molecule has 0 aliphatic rings. The quantitative estimate of drug-likeness (QED) is 0.0663. The van der Waals surface area contributed by atoms with Crippen molar-refractivity contribution in [2.45, 2.75) is 96.5 Å². The number of aliphatic hydroxyl groups is 1. The van der Waals surface area contributed by atoms with Crippen molar-refractivity contribution in [2.24, 2.45) is 0 Å². The maximum Gasteiger partial charge on any atom is 0.200 e. The fraction of sp³-hybridized carbons (Fsp3) is 0.529. The number of hydrogen-bond acceptors (Lipinski definition) is 10. The SMILES string of the molecule is CCC[C@@](O)(N[S@+]([O-])C(C)(C)C)c1cccc(-c2cc(OCCOC)c3cnn(-c4cncc(CO[Si](C)(C)C(C)(C)C)n4)c3c2)n1. The third-order valence-corrected chi connectivity index (χ3v) is 14.5. The van der Waals surface area contributed by atoms with Crippen molar-refractivity contribution >= 4 is 30.6 Å². The molecule has 13 heteroatoms. The largest absolute Gasteiger partial charge is 0.598 e. The summed E-state index contributed by atoms with van der Waals surface area (Å²) in [6, 6.07) is 9.33. The predicted molar refractivity (Wildman–Crippen MR) is 189 cm³/mol. The van der Waals surface area contributed by atoms with Crippen molar-refractivity contribution < 1.29 is 23.6 Å². The van der Waals surface area contributed by atoms with Crippen LogP contribution in [-0.4, -0.2) is 67.8 Å². The van der Waals surface area contributed by atoms with Gasteiger partial charge in [-0.3, -0.25) is 4.98 Å². The van der Waals surface area contributed by atoms with E-state index in [1.165, 1.54) is 0 Å². The molecule has 47 heavy (non-hydrogen) atoms. The molecule has 0 amide bonds. The highest BCUT2D eigenvalue weighted by Crippen LogP contribution is 2.37. The van der Waals surface area contributed by atoms with Crippen LogP contribution in [0.25, 0.3) is 28.0 Å². The summed E-state index contributed by atoms with van der Waals surface area (Å²) >= 11 is -1.52. The van der Waals surface area contributed by atoms with Gasteiger partial charge in [-0.05, 0) is 69.6 Å². The first-order valence-corrected chi connectivity index (χ1v) is 20.0. The normalized spacial score (nSPS) is 14.7. The predicted octanol–water partition coefficient (Wildman–Crippen LogP) is 6.42. The lowest BCUT2D eigenvalue weighted by atomic mass is 10.0. The Labute approximate surface area is 282 Å². The van der Waals surface area contributed by atoms with Gasteiger partial charge in [0.1, 0.15) is 17.1 Å². The molecule has 0 aliphatic heterocycles. The van der Waals surface area contributed by atoms with Crippen LogP contribution in [0.1, 0.15) is 72.7 Å². The second kappa shape index (κ2) is 14.7. The summed E-state index contributed by atoms with van der Waals surface area (Å²) in [4.78, 5) is 14.2. The summed E-state index contributed by atoms with van der Waals surface area (Å²) < 4.78 is 35.0. The van der Waals surface area contributed by atoms with E-state index in [-0.39, 0.29) is 5.04 Å². The van der Waals surface area contributed by atoms with Crippen molar-refractivity contribution in [2.75, 3.05) is 20.3 Å². The van der Waals surface area contributed by atoms with Crippen molar-refractivity contribution in [3.63, 3.8) is 0 Å². The van der Waals surface area contributed by atoms with E-state index in [0.717, 1.165) is 16.5 Å². The zero-order chi connectivity index (χ0) is 34.6. The van der Waals surface area contributed by atoms with E-state index in [1.54, 1.807) is 36.4 Å². The van der Waals surface area contributed by atoms with Gasteiger partial charge >= 0.3 is 0 Å². The van der Waals surface area contributed by atoms with Crippen LogP contribution in [0, 0.1) is 0 Å². The molecule has 2 atom stereocenters. The topological polar surface area (TPSA) is 140 Å². The molecule has 4 aromatic rings. The number of methoxy groups -OCH3 is 1. The van der Waals surface area contributed by atoms with Crippen molar-refractivity contribution in [3.05, 3.63) is 60.3 Å². The third kappa shape index (κ3) is 8.77. The highest BCUT2D eigenvalue weighted by molar-refractivity contribution is 7.90. The Bertz CT molecular complexity index is 1650. The second-order valence-corrected chi connectivity index (χ2v) is 21.0. The smallest absolute Gasteiger partial charge is 0.200 e. The van der Waals surface area contributed by atoms with Crippen LogP contribution >= 0.6 is 0 Å². The fourth-order valence-corrected chi connectivity index (χ4v) is 6.30. The average molecular weight is 683 g/mol. The molecular weight excluding hydrogens is 633 g/mol. The summed E-state index contributed by atoms with van der Waals surface area (Å²) in [5, 5.41) is 17.3. The van der Waals surface area contributed by atoms with Crippen LogP contribution in [0.2, 0.25) is 18.1 Å². The van der Waals surface area contributed by atoms with Crippen LogP contribution in [0.3, 0.4) is 0 Å². The van der Waals surface area contributed by atoms with Crippen LogP contribution in [0.4, 0.5) is 0 Å². The Balaban J connectivity index is 1.78.